The number of carbonyl (C=O) groups is 1. The number of rotatable bonds is 7. The Balaban J connectivity index is 1.85. The first-order valence-corrected chi connectivity index (χ1v) is 8.25. The van der Waals surface area contributed by atoms with Crippen LogP contribution in [0, 0.1) is 5.82 Å². The van der Waals surface area contributed by atoms with Crippen molar-refractivity contribution in [2.24, 2.45) is 0 Å². The number of halogens is 1. The Morgan fingerprint density at radius 3 is 2.42 bits per heavy atom. The molecular formula is C20H24FNO2. The average molecular weight is 329 g/mol. The molecule has 0 radical (unpaired) electrons. The Hall–Kier alpha value is -2.36. The van der Waals surface area contributed by atoms with Crippen molar-refractivity contribution in [3.8, 4) is 5.75 Å². The summed E-state index contributed by atoms with van der Waals surface area (Å²) in [7, 11) is 0. The van der Waals surface area contributed by atoms with E-state index in [9.17, 15) is 9.18 Å². The van der Waals surface area contributed by atoms with Gasteiger partial charge in [-0.05, 0) is 48.6 Å². The first-order valence-electron chi connectivity index (χ1n) is 8.25. The lowest BCUT2D eigenvalue weighted by Crippen LogP contribution is -2.37. The standard InChI is InChI=1S/C20H24FNO2/c1-14(2)18-6-4-5-7-19(18)24-15(3)20(23)22-13-12-16-8-10-17(21)11-9-16/h4-11,14-15H,12-13H2,1-3H3,(H,22,23). The van der Waals surface area contributed by atoms with Gasteiger partial charge < -0.3 is 10.1 Å². The van der Waals surface area contributed by atoms with Crippen molar-refractivity contribution in [1.82, 2.24) is 5.32 Å². The fourth-order valence-electron chi connectivity index (χ4n) is 2.43. The molecule has 1 amide bonds. The van der Waals surface area contributed by atoms with Gasteiger partial charge in [0.05, 0.1) is 0 Å². The molecule has 2 aromatic rings. The molecule has 0 spiro atoms. The van der Waals surface area contributed by atoms with E-state index in [0.717, 1.165) is 16.9 Å². The van der Waals surface area contributed by atoms with Crippen LogP contribution in [-0.2, 0) is 11.2 Å². The number of amides is 1. The Morgan fingerprint density at radius 2 is 1.75 bits per heavy atom. The molecule has 24 heavy (non-hydrogen) atoms. The number of benzene rings is 2. The number of carbonyl (C=O) groups excluding carboxylic acids is 1. The number of hydrogen-bond acceptors (Lipinski definition) is 2. The maximum Gasteiger partial charge on any atom is 0.260 e. The first-order chi connectivity index (χ1) is 11.5. The quantitative estimate of drug-likeness (QED) is 0.831. The highest BCUT2D eigenvalue weighted by atomic mass is 19.1. The molecular weight excluding hydrogens is 305 g/mol. The van der Waals surface area contributed by atoms with Gasteiger partial charge in [0.1, 0.15) is 11.6 Å². The van der Waals surface area contributed by atoms with E-state index in [2.05, 4.69) is 19.2 Å². The summed E-state index contributed by atoms with van der Waals surface area (Å²) >= 11 is 0. The monoisotopic (exact) mass is 329 g/mol. The third kappa shape index (κ3) is 5.08. The summed E-state index contributed by atoms with van der Waals surface area (Å²) in [5.74, 6) is 0.660. The average Bonchev–Trinajstić information content (AvgIpc) is 2.56. The molecule has 0 saturated carbocycles. The van der Waals surface area contributed by atoms with Crippen LogP contribution in [0.2, 0.25) is 0 Å². The van der Waals surface area contributed by atoms with E-state index >= 15 is 0 Å². The molecule has 128 valence electrons. The van der Waals surface area contributed by atoms with Gasteiger partial charge >= 0.3 is 0 Å². The van der Waals surface area contributed by atoms with Crippen LogP contribution in [0.5, 0.6) is 5.75 Å². The van der Waals surface area contributed by atoms with Crippen molar-refractivity contribution >= 4 is 5.91 Å². The van der Waals surface area contributed by atoms with Crippen LogP contribution in [0.15, 0.2) is 48.5 Å². The predicted molar refractivity (Wildman–Crippen MR) is 93.7 cm³/mol. The lowest BCUT2D eigenvalue weighted by atomic mass is 10.0. The Morgan fingerprint density at radius 1 is 1.08 bits per heavy atom. The van der Waals surface area contributed by atoms with E-state index in [1.165, 1.54) is 12.1 Å². The van der Waals surface area contributed by atoms with E-state index < -0.39 is 6.10 Å². The van der Waals surface area contributed by atoms with Gasteiger partial charge in [0.2, 0.25) is 0 Å². The molecule has 1 unspecified atom stereocenters. The molecule has 1 N–H and O–H groups in total. The van der Waals surface area contributed by atoms with E-state index in [-0.39, 0.29) is 11.7 Å². The van der Waals surface area contributed by atoms with E-state index in [0.29, 0.717) is 18.9 Å². The molecule has 2 rings (SSSR count). The molecule has 0 saturated heterocycles. The minimum atomic E-state index is -0.571. The minimum Gasteiger partial charge on any atom is -0.481 e. The Labute approximate surface area is 142 Å². The van der Waals surface area contributed by atoms with Gasteiger partial charge in [-0.15, -0.1) is 0 Å². The summed E-state index contributed by atoms with van der Waals surface area (Å²) in [6.07, 6.45) is 0.0829. The maximum absolute atomic E-state index is 12.9. The van der Waals surface area contributed by atoms with Crippen LogP contribution in [0.25, 0.3) is 0 Å². The molecule has 0 bridgehead atoms. The van der Waals surface area contributed by atoms with Gasteiger partial charge in [-0.25, -0.2) is 4.39 Å². The van der Waals surface area contributed by atoms with Crippen molar-refractivity contribution in [3.63, 3.8) is 0 Å². The number of hydrogen-bond donors (Lipinski definition) is 1. The number of nitrogens with one attached hydrogen (secondary N) is 1. The fraction of sp³-hybridized carbons (Fsp3) is 0.350. The number of para-hydroxylation sites is 1. The molecule has 0 aromatic heterocycles. The summed E-state index contributed by atoms with van der Waals surface area (Å²) in [6, 6.07) is 14.1. The number of ether oxygens (including phenoxy) is 1. The van der Waals surface area contributed by atoms with Crippen molar-refractivity contribution in [1.29, 1.82) is 0 Å². The lowest BCUT2D eigenvalue weighted by molar-refractivity contribution is -0.127. The molecule has 0 fully saturated rings. The highest BCUT2D eigenvalue weighted by molar-refractivity contribution is 5.80. The summed E-state index contributed by atoms with van der Waals surface area (Å²) < 4.78 is 18.7. The van der Waals surface area contributed by atoms with Gasteiger partial charge in [-0.2, -0.15) is 0 Å². The summed E-state index contributed by atoms with van der Waals surface area (Å²) in [5, 5.41) is 2.86. The second-order valence-electron chi connectivity index (χ2n) is 6.12. The summed E-state index contributed by atoms with van der Waals surface area (Å²) in [4.78, 5) is 12.2. The van der Waals surface area contributed by atoms with Crippen molar-refractivity contribution < 1.29 is 13.9 Å². The smallest absolute Gasteiger partial charge is 0.260 e. The van der Waals surface area contributed by atoms with Crippen LogP contribution in [0.1, 0.15) is 37.8 Å². The van der Waals surface area contributed by atoms with Gasteiger partial charge in [0.15, 0.2) is 6.10 Å². The molecule has 0 aliphatic rings. The molecule has 0 aliphatic carbocycles. The Bertz CT molecular complexity index is 668. The van der Waals surface area contributed by atoms with Crippen molar-refractivity contribution in [2.45, 2.75) is 39.2 Å². The third-order valence-electron chi connectivity index (χ3n) is 3.84. The van der Waals surface area contributed by atoms with Crippen molar-refractivity contribution in [2.75, 3.05) is 6.54 Å². The topological polar surface area (TPSA) is 38.3 Å². The molecule has 0 aliphatic heterocycles. The van der Waals surface area contributed by atoms with E-state index in [4.69, 9.17) is 4.74 Å². The Kier molecular flexibility index (Phi) is 6.36. The summed E-state index contributed by atoms with van der Waals surface area (Å²) in [6.45, 7) is 6.42. The maximum atomic E-state index is 12.9. The van der Waals surface area contributed by atoms with Gasteiger partial charge in [0, 0.05) is 6.54 Å². The molecule has 1 atom stereocenters. The highest BCUT2D eigenvalue weighted by Gasteiger charge is 2.16. The van der Waals surface area contributed by atoms with E-state index in [1.807, 2.05) is 24.3 Å². The molecule has 3 nitrogen and oxygen atoms in total. The third-order valence-corrected chi connectivity index (χ3v) is 3.84. The van der Waals surface area contributed by atoms with Gasteiger partial charge in [0.25, 0.3) is 5.91 Å². The van der Waals surface area contributed by atoms with Gasteiger partial charge in [-0.3, -0.25) is 4.79 Å². The molecule has 0 heterocycles. The SMILES string of the molecule is CC(Oc1ccccc1C(C)C)C(=O)NCCc1ccc(F)cc1. The zero-order valence-electron chi connectivity index (χ0n) is 14.4. The van der Waals surface area contributed by atoms with Crippen LogP contribution in [-0.4, -0.2) is 18.6 Å². The van der Waals surface area contributed by atoms with Crippen LogP contribution in [0.4, 0.5) is 4.39 Å². The normalized spacial score (nSPS) is 12.0. The van der Waals surface area contributed by atoms with Crippen molar-refractivity contribution in [3.05, 3.63) is 65.5 Å². The zero-order chi connectivity index (χ0) is 17.5. The summed E-state index contributed by atoms with van der Waals surface area (Å²) in [5.41, 5.74) is 2.07. The second kappa shape index (κ2) is 8.48. The highest BCUT2D eigenvalue weighted by Crippen LogP contribution is 2.26. The molecule has 4 heteroatoms. The van der Waals surface area contributed by atoms with E-state index in [1.54, 1.807) is 19.1 Å². The second-order valence-corrected chi connectivity index (χ2v) is 6.12. The van der Waals surface area contributed by atoms with Crippen LogP contribution < -0.4 is 10.1 Å². The molecule has 2 aromatic carbocycles. The largest absolute Gasteiger partial charge is 0.481 e. The van der Waals surface area contributed by atoms with Crippen LogP contribution in [0.3, 0.4) is 0 Å². The van der Waals surface area contributed by atoms with Gasteiger partial charge in [-0.1, -0.05) is 44.2 Å². The minimum absolute atomic E-state index is 0.157. The zero-order valence-corrected chi connectivity index (χ0v) is 14.4. The fourth-order valence-corrected chi connectivity index (χ4v) is 2.43. The predicted octanol–water partition coefficient (Wildman–Crippen LogP) is 4.08. The lowest BCUT2D eigenvalue weighted by Gasteiger charge is -2.18. The van der Waals surface area contributed by atoms with Crippen LogP contribution >= 0.6 is 0 Å². The first kappa shape index (κ1) is 18.0.